The van der Waals surface area contributed by atoms with Crippen LogP contribution in [0.5, 0.6) is 17.2 Å². The van der Waals surface area contributed by atoms with E-state index in [2.05, 4.69) is 4.98 Å². The molecule has 0 saturated carbocycles. The Balaban J connectivity index is 2.06. The lowest BCUT2D eigenvalue weighted by atomic mass is 10.2. The van der Waals surface area contributed by atoms with Crippen molar-refractivity contribution in [3.63, 3.8) is 0 Å². The van der Waals surface area contributed by atoms with Gasteiger partial charge < -0.3 is 19.5 Å². The molecular formula is C15H16N2O4S. The maximum absolute atomic E-state index is 11.7. The molecule has 0 saturated heterocycles. The number of phenolic OH excluding ortho intramolecular Hbond substituents is 1. The molecule has 0 fully saturated rings. The molecule has 0 radical (unpaired) electrons. The van der Waals surface area contributed by atoms with Crippen molar-refractivity contribution in [2.24, 2.45) is 0 Å². The predicted molar refractivity (Wildman–Crippen MR) is 83.7 cm³/mol. The third-order valence-corrected chi connectivity index (χ3v) is 4.26. The standard InChI is InChI=1S/C15H16N2O4S/c1-20-14-7-10(9-16-15(14)22(2)19)17-5-6-21-13-4-3-11(18)8-12(13)17/h3-4,7-9,18H,5-6H2,1-2H3. The Labute approximate surface area is 130 Å². The molecule has 0 amide bonds. The van der Waals surface area contributed by atoms with Gasteiger partial charge in [0.2, 0.25) is 0 Å². The molecule has 2 aromatic rings. The van der Waals surface area contributed by atoms with E-state index < -0.39 is 10.8 Å². The van der Waals surface area contributed by atoms with Gasteiger partial charge in [-0.2, -0.15) is 0 Å². The Morgan fingerprint density at radius 1 is 1.41 bits per heavy atom. The fourth-order valence-corrected chi connectivity index (χ4v) is 3.03. The van der Waals surface area contributed by atoms with E-state index in [0.717, 1.165) is 11.4 Å². The molecule has 3 rings (SSSR count). The average molecular weight is 320 g/mol. The topological polar surface area (TPSA) is 71.9 Å². The van der Waals surface area contributed by atoms with Gasteiger partial charge in [0, 0.05) is 18.4 Å². The van der Waals surface area contributed by atoms with Gasteiger partial charge in [-0.05, 0) is 12.1 Å². The molecule has 0 bridgehead atoms. The Morgan fingerprint density at radius 3 is 2.95 bits per heavy atom. The number of hydrogen-bond acceptors (Lipinski definition) is 6. The van der Waals surface area contributed by atoms with E-state index in [0.29, 0.717) is 29.7 Å². The van der Waals surface area contributed by atoms with E-state index in [1.54, 1.807) is 36.7 Å². The fourth-order valence-electron chi connectivity index (χ4n) is 2.41. The summed E-state index contributed by atoms with van der Waals surface area (Å²) in [6, 6.07) is 6.76. The van der Waals surface area contributed by atoms with Crippen molar-refractivity contribution in [1.82, 2.24) is 4.98 Å². The van der Waals surface area contributed by atoms with Crippen LogP contribution >= 0.6 is 0 Å². The molecule has 1 atom stereocenters. The highest BCUT2D eigenvalue weighted by Gasteiger charge is 2.22. The number of aromatic hydroxyl groups is 1. The summed E-state index contributed by atoms with van der Waals surface area (Å²) in [6.07, 6.45) is 3.21. The molecule has 0 aliphatic carbocycles. The maximum Gasteiger partial charge on any atom is 0.169 e. The molecule has 0 spiro atoms. The van der Waals surface area contributed by atoms with Crippen LogP contribution in [0.2, 0.25) is 0 Å². The van der Waals surface area contributed by atoms with Gasteiger partial charge in [0.05, 0.1) is 42.0 Å². The van der Waals surface area contributed by atoms with Crippen molar-refractivity contribution in [3.05, 3.63) is 30.5 Å². The van der Waals surface area contributed by atoms with Crippen molar-refractivity contribution in [2.45, 2.75) is 5.03 Å². The summed E-state index contributed by atoms with van der Waals surface area (Å²) in [5.74, 6) is 1.35. The number of phenols is 1. The number of benzene rings is 1. The third kappa shape index (κ3) is 2.59. The smallest absolute Gasteiger partial charge is 0.169 e. The van der Waals surface area contributed by atoms with E-state index in [1.165, 1.54) is 7.11 Å². The number of methoxy groups -OCH3 is 1. The summed E-state index contributed by atoms with van der Waals surface area (Å²) in [4.78, 5) is 6.23. The van der Waals surface area contributed by atoms with Gasteiger partial charge in [-0.3, -0.25) is 4.21 Å². The second-order valence-corrected chi connectivity index (χ2v) is 6.10. The molecule has 7 heteroatoms. The highest BCUT2D eigenvalue weighted by atomic mass is 32.2. The lowest BCUT2D eigenvalue weighted by molar-refractivity contribution is 0.313. The van der Waals surface area contributed by atoms with Gasteiger partial charge in [-0.15, -0.1) is 0 Å². The summed E-state index contributed by atoms with van der Waals surface area (Å²) < 4.78 is 22.5. The lowest BCUT2D eigenvalue weighted by Crippen LogP contribution is -2.28. The number of pyridine rings is 1. The van der Waals surface area contributed by atoms with Gasteiger partial charge in [0.15, 0.2) is 10.8 Å². The molecule has 1 unspecified atom stereocenters. The van der Waals surface area contributed by atoms with Crippen LogP contribution in [0.1, 0.15) is 0 Å². The normalized spacial score (nSPS) is 14.9. The Morgan fingerprint density at radius 2 is 2.23 bits per heavy atom. The molecule has 6 nitrogen and oxygen atoms in total. The Hall–Kier alpha value is -2.28. The molecule has 1 aromatic heterocycles. The predicted octanol–water partition coefficient (Wildman–Crippen LogP) is 2.06. The summed E-state index contributed by atoms with van der Waals surface area (Å²) in [7, 11) is 0.302. The second-order valence-electron chi connectivity index (χ2n) is 4.81. The largest absolute Gasteiger partial charge is 0.508 e. The molecule has 1 aliphatic rings. The third-order valence-electron chi connectivity index (χ3n) is 3.41. The number of nitrogens with zero attached hydrogens (tertiary/aromatic N) is 2. The summed E-state index contributed by atoms with van der Waals surface area (Å²) in [5.41, 5.74) is 1.56. The van der Waals surface area contributed by atoms with Crippen molar-refractivity contribution in [2.75, 3.05) is 31.4 Å². The molecule has 2 heterocycles. The zero-order chi connectivity index (χ0) is 15.7. The van der Waals surface area contributed by atoms with Crippen LogP contribution < -0.4 is 14.4 Å². The van der Waals surface area contributed by atoms with Crippen molar-refractivity contribution >= 4 is 22.2 Å². The van der Waals surface area contributed by atoms with Crippen LogP contribution in [0.4, 0.5) is 11.4 Å². The number of hydrogen-bond donors (Lipinski definition) is 1. The molecule has 1 aliphatic heterocycles. The minimum Gasteiger partial charge on any atom is -0.508 e. The van der Waals surface area contributed by atoms with Gasteiger partial charge in [-0.25, -0.2) is 4.98 Å². The van der Waals surface area contributed by atoms with Gasteiger partial charge in [-0.1, -0.05) is 0 Å². The minimum atomic E-state index is -1.22. The van der Waals surface area contributed by atoms with Crippen LogP contribution in [0.25, 0.3) is 0 Å². The first-order valence-corrected chi connectivity index (χ1v) is 8.27. The van der Waals surface area contributed by atoms with E-state index in [4.69, 9.17) is 9.47 Å². The lowest BCUT2D eigenvalue weighted by Gasteiger charge is -2.31. The first-order chi connectivity index (χ1) is 10.6. The first-order valence-electron chi connectivity index (χ1n) is 6.71. The Bertz CT molecular complexity index is 735. The summed E-state index contributed by atoms with van der Waals surface area (Å²) >= 11 is 0. The fraction of sp³-hybridized carbons (Fsp3) is 0.267. The van der Waals surface area contributed by atoms with Crippen molar-refractivity contribution in [3.8, 4) is 17.2 Å². The quantitative estimate of drug-likeness (QED) is 0.933. The second kappa shape index (κ2) is 5.84. The van der Waals surface area contributed by atoms with E-state index in [-0.39, 0.29) is 5.75 Å². The van der Waals surface area contributed by atoms with Gasteiger partial charge in [0.25, 0.3) is 0 Å². The van der Waals surface area contributed by atoms with Crippen LogP contribution in [-0.4, -0.2) is 40.8 Å². The Kier molecular flexibility index (Phi) is 3.89. The molecular weight excluding hydrogens is 304 g/mol. The monoisotopic (exact) mass is 320 g/mol. The summed E-state index contributed by atoms with van der Waals surface area (Å²) in [6.45, 7) is 1.15. The number of rotatable bonds is 3. The van der Waals surface area contributed by atoms with Crippen molar-refractivity contribution in [1.29, 1.82) is 0 Å². The molecule has 116 valence electrons. The number of ether oxygens (including phenoxy) is 2. The number of aromatic nitrogens is 1. The number of fused-ring (bicyclic) bond motifs is 1. The summed E-state index contributed by atoms with van der Waals surface area (Å²) in [5, 5.41) is 10.1. The molecule has 1 aromatic carbocycles. The van der Waals surface area contributed by atoms with Crippen LogP contribution in [0.15, 0.2) is 35.5 Å². The van der Waals surface area contributed by atoms with Gasteiger partial charge in [0.1, 0.15) is 18.1 Å². The molecule has 22 heavy (non-hydrogen) atoms. The van der Waals surface area contributed by atoms with Crippen LogP contribution in [0.3, 0.4) is 0 Å². The van der Waals surface area contributed by atoms with Crippen LogP contribution in [0, 0.1) is 0 Å². The zero-order valence-corrected chi connectivity index (χ0v) is 13.1. The SMILES string of the molecule is COc1cc(N2CCOc3ccc(O)cc32)cnc1S(C)=O. The highest BCUT2D eigenvalue weighted by Crippen LogP contribution is 2.39. The van der Waals surface area contributed by atoms with Gasteiger partial charge >= 0.3 is 0 Å². The van der Waals surface area contributed by atoms with Crippen molar-refractivity contribution < 1.29 is 18.8 Å². The average Bonchev–Trinajstić information content (AvgIpc) is 2.53. The van der Waals surface area contributed by atoms with E-state index >= 15 is 0 Å². The van der Waals surface area contributed by atoms with E-state index in [1.807, 2.05) is 4.90 Å². The van der Waals surface area contributed by atoms with Crippen LogP contribution in [-0.2, 0) is 10.8 Å². The highest BCUT2D eigenvalue weighted by molar-refractivity contribution is 7.84. The maximum atomic E-state index is 11.7. The number of anilines is 2. The minimum absolute atomic E-state index is 0.167. The molecule has 1 N–H and O–H groups in total. The first kappa shape index (κ1) is 14.6. The van der Waals surface area contributed by atoms with E-state index in [9.17, 15) is 9.32 Å². The zero-order valence-electron chi connectivity index (χ0n) is 12.3.